The quantitative estimate of drug-likeness (QED) is 0.846. The van der Waals surface area contributed by atoms with E-state index in [1.807, 2.05) is 36.7 Å². The second-order valence-corrected chi connectivity index (χ2v) is 4.11. The topological polar surface area (TPSA) is 60.1 Å². The average molecular weight is 257 g/mol. The minimum atomic E-state index is 0.419. The van der Waals surface area contributed by atoms with E-state index in [0.29, 0.717) is 17.3 Å². The highest BCUT2D eigenvalue weighted by Gasteiger charge is 2.16. The molecule has 1 aromatic heterocycles. The lowest BCUT2D eigenvalue weighted by Gasteiger charge is -2.10. The maximum atomic E-state index is 9.05. The predicted octanol–water partition coefficient (Wildman–Crippen LogP) is 2.28. The summed E-state index contributed by atoms with van der Waals surface area (Å²) >= 11 is 0. The van der Waals surface area contributed by atoms with E-state index in [1.54, 1.807) is 14.2 Å². The fourth-order valence-corrected chi connectivity index (χ4v) is 1.92. The Balaban J connectivity index is 2.67. The van der Waals surface area contributed by atoms with Crippen LogP contribution in [0, 0.1) is 18.3 Å². The van der Waals surface area contributed by atoms with Crippen molar-refractivity contribution in [3.05, 3.63) is 29.6 Å². The largest absolute Gasteiger partial charge is 0.497 e. The van der Waals surface area contributed by atoms with Gasteiger partial charge in [0.15, 0.2) is 5.69 Å². The first kappa shape index (κ1) is 13.0. The van der Waals surface area contributed by atoms with E-state index in [2.05, 4.69) is 11.1 Å². The second kappa shape index (κ2) is 5.02. The van der Waals surface area contributed by atoms with E-state index in [-0.39, 0.29) is 0 Å². The third-order valence-electron chi connectivity index (χ3n) is 3.13. The molecule has 19 heavy (non-hydrogen) atoms. The van der Waals surface area contributed by atoms with Gasteiger partial charge >= 0.3 is 0 Å². The van der Waals surface area contributed by atoms with E-state index in [9.17, 15) is 0 Å². The Kier molecular flexibility index (Phi) is 3.43. The summed E-state index contributed by atoms with van der Waals surface area (Å²) in [5.74, 6) is 2.10. The van der Waals surface area contributed by atoms with Gasteiger partial charge in [0.05, 0.1) is 25.5 Å². The standard InChI is InChI=1S/C14H15N3O2/c1-9-12(8-15)16-14(17(9)2)11-7-10(18-3)5-6-13(11)19-4/h5-7H,1-4H3. The Morgan fingerprint density at radius 2 is 2.00 bits per heavy atom. The zero-order valence-electron chi connectivity index (χ0n) is 11.4. The van der Waals surface area contributed by atoms with Crippen molar-refractivity contribution in [1.29, 1.82) is 5.26 Å². The number of benzene rings is 1. The molecule has 0 radical (unpaired) electrons. The van der Waals surface area contributed by atoms with E-state index < -0.39 is 0 Å². The minimum Gasteiger partial charge on any atom is -0.497 e. The monoisotopic (exact) mass is 257 g/mol. The Morgan fingerprint density at radius 1 is 1.26 bits per heavy atom. The van der Waals surface area contributed by atoms with Crippen molar-refractivity contribution in [1.82, 2.24) is 9.55 Å². The number of hydrogen-bond donors (Lipinski definition) is 0. The van der Waals surface area contributed by atoms with Gasteiger partial charge in [-0.25, -0.2) is 4.98 Å². The lowest BCUT2D eigenvalue weighted by molar-refractivity contribution is 0.404. The van der Waals surface area contributed by atoms with Crippen LogP contribution in [0.1, 0.15) is 11.4 Å². The Morgan fingerprint density at radius 3 is 2.53 bits per heavy atom. The highest BCUT2D eigenvalue weighted by Crippen LogP contribution is 2.33. The van der Waals surface area contributed by atoms with Crippen molar-refractivity contribution in [3.8, 4) is 29.0 Å². The van der Waals surface area contributed by atoms with Crippen LogP contribution in [-0.4, -0.2) is 23.8 Å². The molecule has 5 nitrogen and oxygen atoms in total. The summed E-state index contributed by atoms with van der Waals surface area (Å²) in [4.78, 5) is 4.35. The Labute approximate surface area is 112 Å². The summed E-state index contributed by atoms with van der Waals surface area (Å²) in [6, 6.07) is 7.58. The van der Waals surface area contributed by atoms with Crippen LogP contribution >= 0.6 is 0 Å². The van der Waals surface area contributed by atoms with Crippen LogP contribution in [0.4, 0.5) is 0 Å². The number of methoxy groups -OCH3 is 2. The average Bonchev–Trinajstić information content (AvgIpc) is 2.74. The Hall–Kier alpha value is -2.48. The van der Waals surface area contributed by atoms with E-state index >= 15 is 0 Å². The number of hydrogen-bond acceptors (Lipinski definition) is 4. The normalized spacial score (nSPS) is 10.1. The molecule has 0 saturated carbocycles. The molecule has 0 aliphatic rings. The van der Waals surface area contributed by atoms with Gasteiger partial charge in [-0.05, 0) is 25.1 Å². The minimum absolute atomic E-state index is 0.419. The molecule has 0 aliphatic carbocycles. The summed E-state index contributed by atoms with van der Waals surface area (Å²) < 4.78 is 12.4. The number of aromatic nitrogens is 2. The molecular weight excluding hydrogens is 242 g/mol. The van der Waals surface area contributed by atoms with Gasteiger partial charge in [0.2, 0.25) is 0 Å². The Bertz CT molecular complexity index is 653. The van der Waals surface area contributed by atoms with Crippen LogP contribution in [0.5, 0.6) is 11.5 Å². The first-order valence-electron chi connectivity index (χ1n) is 5.78. The summed E-state index contributed by atoms with van der Waals surface area (Å²) in [6.07, 6.45) is 0. The summed E-state index contributed by atoms with van der Waals surface area (Å²) in [5, 5.41) is 9.05. The molecule has 0 fully saturated rings. The number of nitrogens with zero attached hydrogens (tertiary/aromatic N) is 3. The molecule has 0 atom stereocenters. The van der Waals surface area contributed by atoms with Crippen molar-refractivity contribution >= 4 is 0 Å². The number of ether oxygens (including phenoxy) is 2. The van der Waals surface area contributed by atoms with Gasteiger partial charge in [-0.3, -0.25) is 0 Å². The van der Waals surface area contributed by atoms with Crippen molar-refractivity contribution < 1.29 is 9.47 Å². The van der Waals surface area contributed by atoms with Crippen LogP contribution in [-0.2, 0) is 7.05 Å². The number of imidazole rings is 1. The zero-order chi connectivity index (χ0) is 14.0. The summed E-state index contributed by atoms with van der Waals surface area (Å²) in [5.41, 5.74) is 2.04. The van der Waals surface area contributed by atoms with Crippen molar-refractivity contribution in [2.75, 3.05) is 14.2 Å². The molecule has 0 N–H and O–H groups in total. The van der Waals surface area contributed by atoms with E-state index in [0.717, 1.165) is 17.0 Å². The highest BCUT2D eigenvalue weighted by molar-refractivity contribution is 5.68. The molecule has 0 bridgehead atoms. The maximum Gasteiger partial charge on any atom is 0.162 e. The molecule has 2 rings (SSSR count). The lowest BCUT2D eigenvalue weighted by Crippen LogP contribution is -1.97. The third-order valence-corrected chi connectivity index (χ3v) is 3.13. The molecule has 0 unspecified atom stereocenters. The van der Waals surface area contributed by atoms with Crippen LogP contribution in [0.15, 0.2) is 18.2 Å². The van der Waals surface area contributed by atoms with E-state index in [4.69, 9.17) is 14.7 Å². The summed E-state index contributed by atoms with van der Waals surface area (Å²) in [7, 11) is 5.08. The van der Waals surface area contributed by atoms with Crippen LogP contribution in [0.2, 0.25) is 0 Å². The molecule has 98 valence electrons. The highest BCUT2D eigenvalue weighted by atomic mass is 16.5. The lowest BCUT2D eigenvalue weighted by atomic mass is 10.1. The van der Waals surface area contributed by atoms with Crippen LogP contribution in [0.3, 0.4) is 0 Å². The molecule has 0 spiro atoms. The molecule has 0 amide bonds. The van der Waals surface area contributed by atoms with Crippen molar-refractivity contribution in [3.63, 3.8) is 0 Å². The van der Waals surface area contributed by atoms with Gasteiger partial charge in [0.1, 0.15) is 23.4 Å². The molecule has 2 aromatic rings. The van der Waals surface area contributed by atoms with E-state index in [1.165, 1.54) is 0 Å². The van der Waals surface area contributed by atoms with Gasteiger partial charge in [-0.1, -0.05) is 0 Å². The van der Waals surface area contributed by atoms with Gasteiger partial charge in [-0.2, -0.15) is 5.26 Å². The molecule has 0 aliphatic heterocycles. The first-order chi connectivity index (χ1) is 9.12. The molecular formula is C14H15N3O2. The zero-order valence-corrected chi connectivity index (χ0v) is 11.4. The molecule has 5 heteroatoms. The van der Waals surface area contributed by atoms with Crippen molar-refractivity contribution in [2.24, 2.45) is 7.05 Å². The second-order valence-electron chi connectivity index (χ2n) is 4.11. The van der Waals surface area contributed by atoms with Gasteiger partial charge < -0.3 is 14.0 Å². The molecule has 1 heterocycles. The SMILES string of the molecule is COc1ccc(OC)c(-c2nc(C#N)c(C)n2C)c1. The fraction of sp³-hybridized carbons (Fsp3) is 0.286. The number of nitriles is 1. The fourth-order valence-electron chi connectivity index (χ4n) is 1.92. The smallest absolute Gasteiger partial charge is 0.162 e. The van der Waals surface area contributed by atoms with Gasteiger partial charge in [0.25, 0.3) is 0 Å². The first-order valence-corrected chi connectivity index (χ1v) is 5.78. The number of rotatable bonds is 3. The van der Waals surface area contributed by atoms with Crippen LogP contribution < -0.4 is 9.47 Å². The summed E-state index contributed by atoms with van der Waals surface area (Å²) in [6.45, 7) is 1.86. The molecule has 0 saturated heterocycles. The van der Waals surface area contributed by atoms with Crippen molar-refractivity contribution in [2.45, 2.75) is 6.92 Å². The predicted molar refractivity (Wildman–Crippen MR) is 71.2 cm³/mol. The van der Waals surface area contributed by atoms with Crippen LogP contribution in [0.25, 0.3) is 11.4 Å². The third kappa shape index (κ3) is 2.13. The maximum absolute atomic E-state index is 9.05. The van der Waals surface area contributed by atoms with Gasteiger partial charge in [-0.15, -0.1) is 0 Å². The molecule has 1 aromatic carbocycles. The van der Waals surface area contributed by atoms with Gasteiger partial charge in [0, 0.05) is 7.05 Å².